The second kappa shape index (κ2) is 4.32. The highest BCUT2D eigenvalue weighted by Gasteiger charge is 2.06. The molecule has 0 radical (unpaired) electrons. The zero-order valence-electron chi connectivity index (χ0n) is 7.95. The van der Waals surface area contributed by atoms with Crippen molar-refractivity contribution >= 4 is 17.8 Å². The lowest BCUT2D eigenvalue weighted by atomic mass is 10.3. The van der Waals surface area contributed by atoms with E-state index in [0.29, 0.717) is 0 Å². The van der Waals surface area contributed by atoms with Gasteiger partial charge in [-0.15, -0.1) is 0 Å². The molecule has 0 bridgehead atoms. The quantitative estimate of drug-likeness (QED) is 0.708. The first-order valence-electron chi connectivity index (χ1n) is 4.46. The highest BCUT2D eigenvalue weighted by atomic mass is 16.1. The lowest BCUT2D eigenvalue weighted by molar-refractivity contribution is -0.106. The lowest BCUT2D eigenvalue weighted by Crippen LogP contribution is -2.14. The molecule has 0 aliphatic rings. The molecule has 0 saturated carbocycles. The van der Waals surface area contributed by atoms with Crippen molar-refractivity contribution in [2.75, 3.05) is 4.90 Å². The van der Waals surface area contributed by atoms with Crippen molar-refractivity contribution < 1.29 is 4.79 Å². The summed E-state index contributed by atoms with van der Waals surface area (Å²) in [5.74, 6) is 0. The number of pyridine rings is 2. The molecule has 2 heterocycles. The van der Waals surface area contributed by atoms with Crippen molar-refractivity contribution in [3.8, 4) is 0 Å². The third kappa shape index (κ3) is 1.99. The summed E-state index contributed by atoms with van der Waals surface area (Å²) in [5.41, 5.74) is 1.45. The molecule has 0 aromatic carbocycles. The van der Waals surface area contributed by atoms with Crippen LogP contribution in [0.2, 0.25) is 0 Å². The fourth-order valence-corrected chi connectivity index (χ4v) is 1.26. The van der Waals surface area contributed by atoms with Gasteiger partial charge in [0, 0.05) is 12.4 Å². The molecule has 1 amide bonds. The van der Waals surface area contributed by atoms with Gasteiger partial charge in [0.05, 0.1) is 23.8 Å². The maximum Gasteiger partial charge on any atom is 0.218 e. The Kier molecular flexibility index (Phi) is 2.69. The first-order chi connectivity index (χ1) is 7.42. The minimum atomic E-state index is 0.723. The van der Waals surface area contributed by atoms with Crippen LogP contribution in [0.1, 0.15) is 0 Å². The van der Waals surface area contributed by atoms with Crippen LogP contribution >= 0.6 is 0 Å². The fourth-order valence-electron chi connectivity index (χ4n) is 1.26. The molecule has 15 heavy (non-hydrogen) atoms. The van der Waals surface area contributed by atoms with Crippen LogP contribution in [0.5, 0.6) is 0 Å². The van der Waals surface area contributed by atoms with Gasteiger partial charge in [-0.05, 0) is 24.3 Å². The predicted molar refractivity (Wildman–Crippen MR) is 56.7 cm³/mol. The molecule has 0 N–H and O–H groups in total. The van der Waals surface area contributed by atoms with Gasteiger partial charge in [-0.2, -0.15) is 0 Å². The maximum absolute atomic E-state index is 11.0. The number of nitrogens with zero attached hydrogens (tertiary/aromatic N) is 3. The molecule has 2 rings (SSSR count). The predicted octanol–water partition coefficient (Wildman–Crippen LogP) is 1.77. The van der Waals surface area contributed by atoms with Crippen LogP contribution in [-0.2, 0) is 4.79 Å². The van der Waals surface area contributed by atoms with E-state index in [4.69, 9.17) is 0 Å². The van der Waals surface area contributed by atoms with Crippen LogP contribution in [-0.4, -0.2) is 16.4 Å². The summed E-state index contributed by atoms with van der Waals surface area (Å²) in [6, 6.07) is 7.19. The van der Waals surface area contributed by atoms with E-state index in [0.717, 1.165) is 17.8 Å². The van der Waals surface area contributed by atoms with Crippen LogP contribution in [0, 0.1) is 0 Å². The normalized spacial score (nSPS) is 9.60. The largest absolute Gasteiger partial charge is 0.281 e. The molecule has 4 heteroatoms. The highest BCUT2D eigenvalue weighted by molar-refractivity contribution is 5.85. The summed E-state index contributed by atoms with van der Waals surface area (Å²) in [5, 5.41) is 0. The number of hydrogen-bond acceptors (Lipinski definition) is 3. The summed E-state index contributed by atoms with van der Waals surface area (Å²) in [7, 11) is 0. The zero-order valence-corrected chi connectivity index (χ0v) is 7.95. The van der Waals surface area contributed by atoms with Crippen LogP contribution in [0.15, 0.2) is 49.1 Å². The number of anilines is 2. The molecule has 0 unspecified atom stereocenters. The van der Waals surface area contributed by atoms with Gasteiger partial charge >= 0.3 is 0 Å². The van der Waals surface area contributed by atoms with Gasteiger partial charge in [-0.1, -0.05) is 0 Å². The van der Waals surface area contributed by atoms with Gasteiger partial charge in [0.2, 0.25) is 6.41 Å². The molecular formula is C11H9N3O. The van der Waals surface area contributed by atoms with Crippen molar-refractivity contribution in [1.82, 2.24) is 9.97 Å². The van der Waals surface area contributed by atoms with Crippen LogP contribution in [0.25, 0.3) is 0 Å². The molecule has 2 aromatic heterocycles. The summed E-state index contributed by atoms with van der Waals surface area (Å²) in [4.78, 5) is 20.4. The standard InChI is InChI=1S/C11H9N3O/c15-9-14(10-3-1-5-12-7-10)11-4-2-6-13-8-11/h1-9H. The van der Waals surface area contributed by atoms with Gasteiger partial charge < -0.3 is 0 Å². The molecule has 0 saturated heterocycles. The van der Waals surface area contributed by atoms with Crippen LogP contribution < -0.4 is 4.90 Å². The van der Waals surface area contributed by atoms with Gasteiger partial charge in [-0.25, -0.2) is 0 Å². The molecule has 0 aliphatic carbocycles. The molecule has 0 fully saturated rings. The van der Waals surface area contributed by atoms with E-state index in [9.17, 15) is 4.79 Å². The Morgan fingerprint density at radius 3 is 1.87 bits per heavy atom. The summed E-state index contributed by atoms with van der Waals surface area (Å²) in [6.45, 7) is 0. The molecule has 0 atom stereocenters. The van der Waals surface area contributed by atoms with E-state index in [1.807, 2.05) is 12.1 Å². The minimum absolute atomic E-state index is 0.723. The average molecular weight is 199 g/mol. The number of aromatic nitrogens is 2. The number of hydrogen-bond donors (Lipinski definition) is 0. The molecule has 4 nitrogen and oxygen atoms in total. The molecule has 74 valence electrons. The smallest absolute Gasteiger partial charge is 0.218 e. The second-order valence-corrected chi connectivity index (χ2v) is 2.90. The fraction of sp³-hybridized carbons (Fsp3) is 0. The van der Waals surface area contributed by atoms with Gasteiger partial charge in [-0.3, -0.25) is 19.7 Å². The maximum atomic E-state index is 11.0. The van der Waals surface area contributed by atoms with E-state index >= 15 is 0 Å². The number of carbonyl (C=O) groups is 1. The lowest BCUT2D eigenvalue weighted by Gasteiger charge is -2.15. The summed E-state index contributed by atoms with van der Waals surface area (Å²) in [6.07, 6.45) is 7.32. The number of amides is 1. The van der Waals surface area contributed by atoms with Crippen LogP contribution in [0.4, 0.5) is 11.4 Å². The summed E-state index contributed by atoms with van der Waals surface area (Å²) < 4.78 is 0. The van der Waals surface area contributed by atoms with Crippen LogP contribution in [0.3, 0.4) is 0 Å². The zero-order chi connectivity index (χ0) is 10.5. The number of rotatable bonds is 3. The Hall–Kier alpha value is -2.23. The third-order valence-electron chi connectivity index (χ3n) is 1.95. The van der Waals surface area contributed by atoms with E-state index in [1.54, 1.807) is 36.9 Å². The van der Waals surface area contributed by atoms with Crippen molar-refractivity contribution in [1.29, 1.82) is 0 Å². The number of carbonyl (C=O) groups excluding carboxylic acids is 1. The van der Waals surface area contributed by atoms with Crippen molar-refractivity contribution in [2.24, 2.45) is 0 Å². The summed E-state index contributed by atoms with van der Waals surface area (Å²) >= 11 is 0. The highest BCUT2D eigenvalue weighted by Crippen LogP contribution is 2.20. The van der Waals surface area contributed by atoms with E-state index < -0.39 is 0 Å². The monoisotopic (exact) mass is 199 g/mol. The average Bonchev–Trinajstić information content (AvgIpc) is 2.33. The first kappa shape index (κ1) is 9.33. The van der Waals surface area contributed by atoms with Crippen molar-refractivity contribution in [3.05, 3.63) is 49.1 Å². The van der Waals surface area contributed by atoms with Gasteiger partial charge in [0.25, 0.3) is 0 Å². The first-order valence-corrected chi connectivity index (χ1v) is 4.46. The molecule has 0 spiro atoms. The topological polar surface area (TPSA) is 46.1 Å². The Balaban J connectivity index is 2.38. The van der Waals surface area contributed by atoms with E-state index in [-0.39, 0.29) is 0 Å². The Morgan fingerprint density at radius 1 is 1.00 bits per heavy atom. The Morgan fingerprint density at radius 2 is 1.53 bits per heavy atom. The van der Waals surface area contributed by atoms with Gasteiger partial charge in [0.1, 0.15) is 0 Å². The minimum Gasteiger partial charge on any atom is -0.281 e. The van der Waals surface area contributed by atoms with E-state index in [1.165, 1.54) is 4.90 Å². The SMILES string of the molecule is O=CN(c1cccnc1)c1cccnc1. The van der Waals surface area contributed by atoms with Crippen molar-refractivity contribution in [2.45, 2.75) is 0 Å². The second-order valence-electron chi connectivity index (χ2n) is 2.90. The Labute approximate surface area is 87.2 Å². The van der Waals surface area contributed by atoms with Crippen molar-refractivity contribution in [3.63, 3.8) is 0 Å². The molecular weight excluding hydrogens is 190 g/mol. The van der Waals surface area contributed by atoms with E-state index in [2.05, 4.69) is 9.97 Å². The van der Waals surface area contributed by atoms with Gasteiger partial charge in [0.15, 0.2) is 0 Å². The molecule has 2 aromatic rings. The third-order valence-corrected chi connectivity index (χ3v) is 1.95. The Bertz CT molecular complexity index is 391. The molecule has 0 aliphatic heterocycles.